The minimum atomic E-state index is -0.417. The lowest BCUT2D eigenvalue weighted by Gasteiger charge is -2.44. The van der Waals surface area contributed by atoms with Crippen molar-refractivity contribution in [3.63, 3.8) is 0 Å². The van der Waals surface area contributed by atoms with E-state index < -0.39 is 5.82 Å². The quantitative estimate of drug-likeness (QED) is 0.795. The first-order valence-electron chi connectivity index (χ1n) is 7.73. The summed E-state index contributed by atoms with van der Waals surface area (Å²) >= 11 is 0. The van der Waals surface area contributed by atoms with Crippen LogP contribution in [0.25, 0.3) is 0 Å². The van der Waals surface area contributed by atoms with Crippen molar-refractivity contribution in [2.24, 2.45) is 5.41 Å². The van der Waals surface area contributed by atoms with Gasteiger partial charge in [0.25, 0.3) is 5.91 Å². The summed E-state index contributed by atoms with van der Waals surface area (Å²) in [6.07, 6.45) is 4.24. The molecule has 0 aromatic heterocycles. The van der Waals surface area contributed by atoms with Crippen molar-refractivity contribution in [2.75, 3.05) is 26.3 Å². The molecule has 3 nitrogen and oxygen atoms in total. The molecule has 114 valence electrons. The molecule has 0 radical (unpaired) electrons. The van der Waals surface area contributed by atoms with Crippen molar-refractivity contribution >= 4 is 5.91 Å². The Morgan fingerprint density at radius 2 is 2.14 bits per heavy atom. The molecule has 0 N–H and O–H groups in total. The van der Waals surface area contributed by atoms with Crippen LogP contribution in [0.3, 0.4) is 0 Å². The van der Waals surface area contributed by atoms with Gasteiger partial charge in [0, 0.05) is 25.1 Å². The zero-order valence-corrected chi connectivity index (χ0v) is 12.5. The topological polar surface area (TPSA) is 29.5 Å². The zero-order chi connectivity index (χ0) is 14.9. The maximum Gasteiger partial charge on any atom is 0.256 e. The fourth-order valence-corrected chi connectivity index (χ4v) is 3.58. The Kier molecular flexibility index (Phi) is 3.98. The fraction of sp³-hybridized carbons (Fsp3) is 0.588. The van der Waals surface area contributed by atoms with Gasteiger partial charge >= 0.3 is 0 Å². The number of carbonyl (C=O) groups excluding carboxylic acids is 1. The normalized spacial score (nSPS) is 26.1. The number of halogens is 1. The van der Waals surface area contributed by atoms with Crippen molar-refractivity contribution in [2.45, 2.75) is 32.6 Å². The summed E-state index contributed by atoms with van der Waals surface area (Å²) < 4.78 is 19.6. The molecule has 0 bridgehead atoms. The molecule has 0 saturated carbocycles. The molecule has 1 aromatic carbocycles. The number of aryl methyl sites for hydroxylation is 1. The third-order valence-corrected chi connectivity index (χ3v) is 4.71. The molecule has 2 aliphatic heterocycles. The van der Waals surface area contributed by atoms with E-state index in [9.17, 15) is 9.18 Å². The molecule has 2 aliphatic rings. The van der Waals surface area contributed by atoms with E-state index >= 15 is 0 Å². The van der Waals surface area contributed by atoms with E-state index in [-0.39, 0.29) is 16.9 Å². The van der Waals surface area contributed by atoms with Crippen molar-refractivity contribution in [3.8, 4) is 0 Å². The van der Waals surface area contributed by atoms with E-state index in [1.54, 1.807) is 12.1 Å². The predicted molar refractivity (Wildman–Crippen MR) is 78.8 cm³/mol. The molecular formula is C17H22FNO2. The second-order valence-electron chi connectivity index (χ2n) is 6.47. The summed E-state index contributed by atoms with van der Waals surface area (Å²) in [4.78, 5) is 14.4. The second-order valence-corrected chi connectivity index (χ2v) is 6.47. The molecule has 0 unspecified atom stereocenters. The molecule has 2 saturated heterocycles. The van der Waals surface area contributed by atoms with Crippen LogP contribution in [-0.2, 0) is 4.74 Å². The van der Waals surface area contributed by atoms with Gasteiger partial charge < -0.3 is 9.64 Å². The van der Waals surface area contributed by atoms with Crippen molar-refractivity contribution in [3.05, 3.63) is 35.1 Å². The van der Waals surface area contributed by atoms with Gasteiger partial charge in [-0.25, -0.2) is 4.39 Å². The summed E-state index contributed by atoms with van der Waals surface area (Å²) in [6.45, 7) is 4.79. The van der Waals surface area contributed by atoms with Crippen LogP contribution in [0.4, 0.5) is 4.39 Å². The van der Waals surface area contributed by atoms with Crippen LogP contribution in [-0.4, -0.2) is 37.1 Å². The Labute approximate surface area is 125 Å². The van der Waals surface area contributed by atoms with Gasteiger partial charge in [0.1, 0.15) is 5.82 Å². The number of likely N-dealkylation sites (tertiary alicyclic amines) is 1. The number of nitrogens with zero attached hydrogens (tertiary/aromatic N) is 1. The van der Waals surface area contributed by atoms with Crippen LogP contribution in [0.15, 0.2) is 18.2 Å². The van der Waals surface area contributed by atoms with Crippen LogP contribution in [0, 0.1) is 18.2 Å². The molecule has 2 fully saturated rings. The number of ether oxygens (including phenoxy) is 1. The second kappa shape index (κ2) is 5.76. The van der Waals surface area contributed by atoms with Gasteiger partial charge in [-0.05, 0) is 50.3 Å². The summed E-state index contributed by atoms with van der Waals surface area (Å²) in [5.41, 5.74) is 1.11. The largest absolute Gasteiger partial charge is 0.381 e. The highest BCUT2D eigenvalue weighted by molar-refractivity contribution is 5.94. The van der Waals surface area contributed by atoms with Crippen molar-refractivity contribution in [1.29, 1.82) is 0 Å². The molecule has 2 heterocycles. The van der Waals surface area contributed by atoms with Gasteiger partial charge in [-0.15, -0.1) is 0 Å². The van der Waals surface area contributed by atoms with Gasteiger partial charge in [-0.1, -0.05) is 6.07 Å². The fourth-order valence-electron chi connectivity index (χ4n) is 3.58. The Hall–Kier alpha value is -1.42. The van der Waals surface area contributed by atoms with Gasteiger partial charge in [0.2, 0.25) is 0 Å². The van der Waals surface area contributed by atoms with Gasteiger partial charge in [-0.3, -0.25) is 4.79 Å². The summed E-state index contributed by atoms with van der Waals surface area (Å²) in [5.74, 6) is -0.600. The number of amides is 1. The number of hydrogen-bond donors (Lipinski definition) is 0. The maximum atomic E-state index is 14.0. The van der Waals surface area contributed by atoms with Crippen molar-refractivity contribution < 1.29 is 13.9 Å². The number of carbonyl (C=O) groups is 1. The SMILES string of the molecule is Cc1ccc(C(=O)N2CCC[C@@]3(CCCOC3)C2)c(F)c1. The third kappa shape index (κ3) is 2.95. The first-order chi connectivity index (χ1) is 10.1. The maximum absolute atomic E-state index is 14.0. The average molecular weight is 291 g/mol. The van der Waals surface area contributed by atoms with Gasteiger partial charge in [0.15, 0.2) is 0 Å². The molecule has 4 heteroatoms. The highest BCUT2D eigenvalue weighted by Crippen LogP contribution is 2.37. The zero-order valence-electron chi connectivity index (χ0n) is 12.5. The van der Waals surface area contributed by atoms with Crippen molar-refractivity contribution in [1.82, 2.24) is 4.90 Å². The van der Waals surface area contributed by atoms with Gasteiger partial charge in [-0.2, -0.15) is 0 Å². The van der Waals surface area contributed by atoms with E-state index in [0.717, 1.165) is 44.5 Å². The Bertz CT molecular complexity index is 532. The number of hydrogen-bond acceptors (Lipinski definition) is 2. The highest BCUT2D eigenvalue weighted by Gasteiger charge is 2.39. The monoisotopic (exact) mass is 291 g/mol. The molecule has 1 aromatic rings. The van der Waals surface area contributed by atoms with E-state index in [1.165, 1.54) is 6.07 Å². The Balaban J connectivity index is 1.77. The first-order valence-corrected chi connectivity index (χ1v) is 7.73. The van der Waals surface area contributed by atoms with Crippen LogP contribution in [0.5, 0.6) is 0 Å². The minimum absolute atomic E-state index is 0.0906. The third-order valence-electron chi connectivity index (χ3n) is 4.71. The molecule has 1 amide bonds. The molecule has 0 aliphatic carbocycles. The molecular weight excluding hydrogens is 269 g/mol. The summed E-state index contributed by atoms with van der Waals surface area (Å²) in [7, 11) is 0. The van der Waals surface area contributed by atoms with Crippen LogP contribution in [0.2, 0.25) is 0 Å². The lowest BCUT2D eigenvalue weighted by Crippen LogP contribution is -2.49. The van der Waals surface area contributed by atoms with Gasteiger partial charge in [0.05, 0.1) is 12.2 Å². The molecule has 1 spiro atoms. The first kappa shape index (κ1) is 14.5. The highest BCUT2D eigenvalue weighted by atomic mass is 19.1. The molecule has 1 atom stereocenters. The lowest BCUT2D eigenvalue weighted by molar-refractivity contribution is -0.0435. The minimum Gasteiger partial charge on any atom is -0.381 e. The number of rotatable bonds is 1. The van der Waals surface area contributed by atoms with Crippen LogP contribution < -0.4 is 0 Å². The van der Waals surface area contributed by atoms with Crippen LogP contribution >= 0.6 is 0 Å². The Morgan fingerprint density at radius 3 is 2.86 bits per heavy atom. The van der Waals surface area contributed by atoms with E-state index in [2.05, 4.69) is 0 Å². The smallest absolute Gasteiger partial charge is 0.256 e. The summed E-state index contributed by atoms with van der Waals surface area (Å²) in [5, 5.41) is 0. The summed E-state index contributed by atoms with van der Waals surface area (Å²) in [6, 6.07) is 4.82. The van der Waals surface area contributed by atoms with Crippen LogP contribution in [0.1, 0.15) is 41.6 Å². The molecule has 3 rings (SSSR count). The van der Waals surface area contributed by atoms with E-state index in [4.69, 9.17) is 4.74 Å². The average Bonchev–Trinajstić information content (AvgIpc) is 2.47. The number of piperidine rings is 1. The van der Waals surface area contributed by atoms with E-state index in [0.29, 0.717) is 13.1 Å². The lowest BCUT2D eigenvalue weighted by atomic mass is 9.75. The number of benzene rings is 1. The molecule has 21 heavy (non-hydrogen) atoms. The standard InChI is InChI=1S/C17H22FNO2/c1-13-4-5-14(15(18)10-13)16(20)19-8-2-6-17(11-19)7-3-9-21-12-17/h4-5,10H,2-3,6-9,11-12H2,1H3/t17-/m1/s1. The predicted octanol–water partition coefficient (Wildman–Crippen LogP) is 3.17. The Morgan fingerprint density at radius 1 is 1.33 bits per heavy atom. The van der Waals surface area contributed by atoms with E-state index in [1.807, 2.05) is 11.8 Å².